The average molecular weight is 491 g/mol. The molecule has 0 bridgehead atoms. The first-order valence-corrected chi connectivity index (χ1v) is 10.6. The van der Waals surface area contributed by atoms with Crippen LogP contribution in [0.4, 0.5) is 5.69 Å². The van der Waals surface area contributed by atoms with Crippen molar-refractivity contribution in [3.63, 3.8) is 0 Å². The van der Waals surface area contributed by atoms with Gasteiger partial charge in [0.1, 0.15) is 0 Å². The molecule has 1 aliphatic rings. The lowest BCUT2D eigenvalue weighted by molar-refractivity contribution is -0.121. The van der Waals surface area contributed by atoms with Gasteiger partial charge in [0.2, 0.25) is 0 Å². The molecule has 2 aromatic carbocycles. The maximum absolute atomic E-state index is 12.7. The summed E-state index contributed by atoms with van der Waals surface area (Å²) in [6.45, 7) is 3.89. The van der Waals surface area contributed by atoms with Crippen molar-refractivity contribution in [1.82, 2.24) is 4.90 Å². The van der Waals surface area contributed by atoms with Gasteiger partial charge in [0, 0.05) is 7.05 Å². The Morgan fingerprint density at radius 2 is 2.10 bits per heavy atom. The number of aliphatic imine (C=N–C) groups is 1. The number of phenols is 1. The second kappa shape index (κ2) is 8.93. The van der Waals surface area contributed by atoms with Crippen molar-refractivity contribution < 1.29 is 24.5 Å². The number of aromatic carboxylic acids is 1. The van der Waals surface area contributed by atoms with E-state index in [2.05, 4.69) is 20.9 Å². The number of aromatic hydroxyl groups is 1. The van der Waals surface area contributed by atoms with Crippen molar-refractivity contribution in [1.29, 1.82) is 0 Å². The minimum atomic E-state index is -1.03. The quantitative estimate of drug-likeness (QED) is 0.584. The van der Waals surface area contributed by atoms with Crippen LogP contribution in [0.2, 0.25) is 0 Å². The standard InChI is InChI=1S/C21H19BrN2O5S/c1-4-29-16-9-12(8-14(22)18(16)25)10-17-19(26)24(3)21(30-17)23-15-7-5-6-13(11(15)2)20(27)28/h5-10,25H,4H2,1-3H3,(H,27,28)/b17-10-,23-21?. The Bertz CT molecular complexity index is 1100. The molecule has 1 saturated heterocycles. The number of nitrogens with zero attached hydrogens (tertiary/aromatic N) is 2. The Labute approximate surface area is 186 Å². The minimum Gasteiger partial charge on any atom is -0.503 e. The summed E-state index contributed by atoms with van der Waals surface area (Å²) in [7, 11) is 1.61. The first-order valence-electron chi connectivity index (χ1n) is 8.97. The van der Waals surface area contributed by atoms with Crippen LogP contribution >= 0.6 is 27.7 Å². The topological polar surface area (TPSA) is 99.4 Å². The summed E-state index contributed by atoms with van der Waals surface area (Å²) in [6.07, 6.45) is 1.69. The average Bonchev–Trinajstić information content (AvgIpc) is 2.95. The number of rotatable bonds is 5. The molecule has 3 rings (SSSR count). The molecule has 0 atom stereocenters. The molecule has 1 heterocycles. The highest BCUT2D eigenvalue weighted by Crippen LogP contribution is 2.38. The molecule has 2 aromatic rings. The van der Waals surface area contributed by atoms with Crippen LogP contribution < -0.4 is 4.74 Å². The van der Waals surface area contributed by atoms with Crippen LogP contribution in [0.1, 0.15) is 28.4 Å². The van der Waals surface area contributed by atoms with Gasteiger partial charge in [-0.15, -0.1) is 0 Å². The van der Waals surface area contributed by atoms with Crippen molar-refractivity contribution in [3.05, 3.63) is 56.4 Å². The van der Waals surface area contributed by atoms with Crippen LogP contribution in [0.3, 0.4) is 0 Å². The number of phenolic OH excluding ortho intramolecular Hbond substituents is 1. The van der Waals surface area contributed by atoms with E-state index in [9.17, 15) is 19.8 Å². The number of amidine groups is 1. The largest absolute Gasteiger partial charge is 0.503 e. The van der Waals surface area contributed by atoms with E-state index in [4.69, 9.17) is 4.74 Å². The molecule has 7 nitrogen and oxygen atoms in total. The number of thioether (sulfide) groups is 1. The van der Waals surface area contributed by atoms with Gasteiger partial charge in [-0.05, 0) is 83.0 Å². The summed E-state index contributed by atoms with van der Waals surface area (Å²) < 4.78 is 5.89. The van der Waals surface area contributed by atoms with Gasteiger partial charge in [0.25, 0.3) is 5.91 Å². The van der Waals surface area contributed by atoms with Gasteiger partial charge in [-0.1, -0.05) is 6.07 Å². The van der Waals surface area contributed by atoms with Crippen LogP contribution in [-0.4, -0.2) is 45.8 Å². The molecule has 0 spiro atoms. The van der Waals surface area contributed by atoms with E-state index >= 15 is 0 Å². The lowest BCUT2D eigenvalue weighted by Crippen LogP contribution is -2.23. The van der Waals surface area contributed by atoms with E-state index < -0.39 is 5.97 Å². The predicted octanol–water partition coefficient (Wildman–Crippen LogP) is 4.79. The third kappa shape index (κ3) is 4.36. The summed E-state index contributed by atoms with van der Waals surface area (Å²) in [4.78, 5) is 30.4. The van der Waals surface area contributed by atoms with E-state index in [1.807, 2.05) is 6.92 Å². The molecular formula is C21H19BrN2O5S. The highest BCUT2D eigenvalue weighted by atomic mass is 79.9. The molecule has 1 fully saturated rings. The van der Waals surface area contributed by atoms with Crippen molar-refractivity contribution in [2.45, 2.75) is 13.8 Å². The van der Waals surface area contributed by atoms with Crippen molar-refractivity contribution in [2.24, 2.45) is 4.99 Å². The Morgan fingerprint density at radius 3 is 2.77 bits per heavy atom. The Balaban J connectivity index is 1.97. The van der Waals surface area contributed by atoms with Gasteiger partial charge < -0.3 is 14.9 Å². The number of carbonyl (C=O) groups excluding carboxylic acids is 1. The number of carboxylic acids is 1. The molecule has 0 radical (unpaired) electrons. The minimum absolute atomic E-state index is 0.00226. The molecular weight excluding hydrogens is 472 g/mol. The second-order valence-electron chi connectivity index (χ2n) is 6.41. The highest BCUT2D eigenvalue weighted by molar-refractivity contribution is 9.10. The number of ether oxygens (including phenoxy) is 1. The van der Waals surface area contributed by atoms with Gasteiger partial charge in [0.15, 0.2) is 16.7 Å². The monoisotopic (exact) mass is 490 g/mol. The number of benzene rings is 2. The Morgan fingerprint density at radius 1 is 1.37 bits per heavy atom. The normalized spacial score (nSPS) is 16.5. The number of carboxylic acid groups (broad SMARTS) is 1. The first kappa shape index (κ1) is 21.9. The third-order valence-corrected chi connectivity index (χ3v) is 6.07. The number of amides is 1. The van der Waals surface area contributed by atoms with Crippen LogP contribution in [0.15, 0.2) is 44.7 Å². The van der Waals surface area contributed by atoms with Crippen molar-refractivity contribution in [2.75, 3.05) is 13.7 Å². The number of likely N-dealkylation sites (N-methyl/N-ethyl adjacent to an activating group) is 1. The van der Waals surface area contributed by atoms with Gasteiger partial charge >= 0.3 is 5.97 Å². The van der Waals surface area contributed by atoms with Gasteiger partial charge in [0.05, 0.1) is 27.2 Å². The summed E-state index contributed by atoms with van der Waals surface area (Å²) in [5.74, 6) is -0.940. The number of hydrogen-bond donors (Lipinski definition) is 2. The number of hydrogen-bond acceptors (Lipinski definition) is 6. The number of carbonyl (C=O) groups is 2. The fraction of sp³-hybridized carbons (Fsp3) is 0.190. The first-order chi connectivity index (χ1) is 14.2. The van der Waals surface area contributed by atoms with Crippen LogP contribution in [0.5, 0.6) is 11.5 Å². The summed E-state index contributed by atoms with van der Waals surface area (Å²) in [5, 5.41) is 19.8. The Kier molecular flexibility index (Phi) is 6.52. The third-order valence-electron chi connectivity index (χ3n) is 4.40. The molecule has 0 aromatic heterocycles. The SMILES string of the molecule is CCOc1cc(/C=C2\SC(=Nc3cccc(C(=O)O)c3C)N(C)C2=O)cc(Br)c1O. The predicted molar refractivity (Wildman–Crippen MR) is 121 cm³/mol. The summed E-state index contributed by atoms with van der Waals surface area (Å²) in [5.41, 5.74) is 1.86. The zero-order chi connectivity index (χ0) is 22.0. The van der Waals surface area contributed by atoms with Crippen LogP contribution in [0.25, 0.3) is 6.08 Å². The van der Waals surface area contributed by atoms with E-state index in [0.29, 0.717) is 43.7 Å². The van der Waals surface area contributed by atoms with E-state index in [1.165, 1.54) is 22.7 Å². The molecule has 0 unspecified atom stereocenters. The van der Waals surface area contributed by atoms with E-state index in [-0.39, 0.29) is 17.2 Å². The highest BCUT2D eigenvalue weighted by Gasteiger charge is 2.30. The van der Waals surface area contributed by atoms with Crippen molar-refractivity contribution >= 4 is 56.5 Å². The number of halogens is 1. The van der Waals surface area contributed by atoms with Crippen molar-refractivity contribution in [3.8, 4) is 11.5 Å². The molecule has 0 aliphatic carbocycles. The van der Waals surface area contributed by atoms with E-state index in [1.54, 1.807) is 44.3 Å². The Hall–Kier alpha value is -2.78. The molecule has 9 heteroatoms. The molecule has 2 N–H and O–H groups in total. The molecule has 156 valence electrons. The fourth-order valence-corrected chi connectivity index (χ4v) is 4.26. The van der Waals surface area contributed by atoms with Crippen LogP contribution in [-0.2, 0) is 4.79 Å². The zero-order valence-electron chi connectivity index (χ0n) is 16.5. The fourth-order valence-electron chi connectivity index (χ4n) is 2.82. The molecule has 30 heavy (non-hydrogen) atoms. The van der Waals surface area contributed by atoms with Gasteiger partial charge in [-0.25, -0.2) is 9.79 Å². The van der Waals surface area contributed by atoms with E-state index in [0.717, 1.165) is 0 Å². The van der Waals surface area contributed by atoms with Crippen LogP contribution in [0, 0.1) is 6.92 Å². The lowest BCUT2D eigenvalue weighted by atomic mass is 10.1. The molecule has 1 amide bonds. The molecule has 0 saturated carbocycles. The van der Waals surface area contributed by atoms with Gasteiger partial charge in [-0.2, -0.15) is 0 Å². The zero-order valence-corrected chi connectivity index (χ0v) is 18.9. The maximum Gasteiger partial charge on any atom is 0.336 e. The molecule has 1 aliphatic heterocycles. The smallest absolute Gasteiger partial charge is 0.336 e. The second-order valence-corrected chi connectivity index (χ2v) is 8.27. The summed E-state index contributed by atoms with van der Waals surface area (Å²) in [6, 6.07) is 8.19. The summed E-state index contributed by atoms with van der Waals surface area (Å²) >= 11 is 4.48. The van der Waals surface area contributed by atoms with Gasteiger partial charge in [-0.3, -0.25) is 9.69 Å². The maximum atomic E-state index is 12.7. The lowest BCUT2D eigenvalue weighted by Gasteiger charge is -2.09.